The van der Waals surface area contributed by atoms with Crippen LogP contribution in [-0.2, 0) is 13.2 Å². The summed E-state index contributed by atoms with van der Waals surface area (Å²) in [7, 11) is 1.69. The second-order valence-electron chi connectivity index (χ2n) is 3.51. The molecule has 0 aliphatic carbocycles. The normalized spacial score (nSPS) is 12.1. The highest BCUT2D eigenvalue weighted by atomic mass is 35.5. The number of nitrogens with zero attached hydrogens (tertiary/aromatic N) is 1. The van der Waals surface area contributed by atoms with Crippen molar-refractivity contribution in [3.05, 3.63) is 41.0 Å². The maximum absolute atomic E-state index is 12.6. The quantitative estimate of drug-likeness (QED) is 0.628. The molecule has 0 unspecified atom stereocenters. The van der Waals surface area contributed by atoms with Gasteiger partial charge in [-0.15, -0.1) is 0 Å². The lowest BCUT2D eigenvalue weighted by Crippen LogP contribution is -2.28. The molecule has 0 amide bonds. The van der Waals surface area contributed by atoms with Crippen LogP contribution in [0.5, 0.6) is 0 Å². The number of hydrogen-bond acceptors (Lipinski definition) is 0. The van der Waals surface area contributed by atoms with Gasteiger partial charge in [-0.25, -0.2) is 4.57 Å². The number of fused-ring (bicyclic) bond motifs is 1. The van der Waals surface area contributed by atoms with Gasteiger partial charge in [-0.3, -0.25) is 0 Å². The number of rotatable bonds is 0. The molecule has 0 N–H and O–H groups in total. The van der Waals surface area contributed by atoms with Crippen molar-refractivity contribution < 1.29 is 17.7 Å². The molecule has 84 valence electrons. The molecule has 0 spiro atoms. The van der Waals surface area contributed by atoms with Crippen molar-refractivity contribution >= 4 is 22.5 Å². The third kappa shape index (κ3) is 1.85. The molecule has 0 radical (unpaired) electrons. The van der Waals surface area contributed by atoms with Crippen LogP contribution in [0.3, 0.4) is 0 Å². The van der Waals surface area contributed by atoms with Crippen LogP contribution in [0.1, 0.15) is 5.56 Å². The van der Waals surface area contributed by atoms with E-state index in [9.17, 15) is 13.2 Å². The van der Waals surface area contributed by atoms with Crippen molar-refractivity contribution in [1.82, 2.24) is 0 Å². The molecule has 2 aromatic rings. The third-order valence-corrected chi connectivity index (χ3v) is 2.70. The summed E-state index contributed by atoms with van der Waals surface area (Å²) in [4.78, 5) is 0. The van der Waals surface area contributed by atoms with Crippen LogP contribution in [0.25, 0.3) is 10.9 Å². The first-order valence-corrected chi connectivity index (χ1v) is 4.92. The van der Waals surface area contributed by atoms with E-state index in [4.69, 9.17) is 11.6 Å². The predicted molar refractivity (Wildman–Crippen MR) is 55.1 cm³/mol. The molecular weight excluding hydrogens is 239 g/mol. The minimum Gasteiger partial charge on any atom is -0.201 e. The first kappa shape index (κ1) is 11.2. The number of hydrogen-bond donors (Lipinski definition) is 0. The second kappa shape index (κ2) is 3.63. The number of pyridine rings is 1. The van der Waals surface area contributed by atoms with E-state index in [0.29, 0.717) is 10.9 Å². The van der Waals surface area contributed by atoms with Crippen molar-refractivity contribution in [2.75, 3.05) is 0 Å². The SMILES string of the molecule is C[n+]1cccc2cc(Cl)c(C(F)(F)F)cc21. The van der Waals surface area contributed by atoms with E-state index in [0.717, 1.165) is 6.07 Å². The summed E-state index contributed by atoms with van der Waals surface area (Å²) in [6.45, 7) is 0. The third-order valence-electron chi connectivity index (χ3n) is 2.39. The number of aryl methyl sites for hydroxylation is 1. The Morgan fingerprint density at radius 1 is 1.25 bits per heavy atom. The van der Waals surface area contributed by atoms with Gasteiger partial charge in [0.05, 0.1) is 10.6 Å². The zero-order valence-electron chi connectivity index (χ0n) is 8.35. The lowest BCUT2D eigenvalue weighted by molar-refractivity contribution is -0.644. The van der Waals surface area contributed by atoms with E-state index in [1.165, 1.54) is 6.07 Å². The van der Waals surface area contributed by atoms with E-state index in [1.54, 1.807) is 29.9 Å². The predicted octanol–water partition coefficient (Wildman–Crippen LogP) is 3.34. The lowest BCUT2D eigenvalue weighted by Gasteiger charge is -2.08. The molecule has 0 aliphatic rings. The van der Waals surface area contributed by atoms with Crippen LogP contribution < -0.4 is 4.57 Å². The Hall–Kier alpha value is -1.29. The van der Waals surface area contributed by atoms with Crippen molar-refractivity contribution in [2.45, 2.75) is 6.18 Å². The Bertz CT molecular complexity index is 549. The van der Waals surface area contributed by atoms with Crippen LogP contribution in [0.2, 0.25) is 5.02 Å². The average Bonchev–Trinajstić information content (AvgIpc) is 2.15. The Balaban J connectivity index is 2.80. The summed E-state index contributed by atoms with van der Waals surface area (Å²) in [6, 6.07) is 5.88. The van der Waals surface area contributed by atoms with Gasteiger partial charge < -0.3 is 0 Å². The molecule has 0 aliphatic heterocycles. The Kier molecular flexibility index (Phi) is 2.54. The average molecular weight is 247 g/mol. The zero-order chi connectivity index (χ0) is 11.9. The standard InChI is InChI=1S/C11H8ClF3N/c1-16-4-2-3-7-5-9(12)8(6-10(7)16)11(13,14)15/h2-6H,1H3/q+1. The fourth-order valence-corrected chi connectivity index (χ4v) is 1.87. The minimum atomic E-state index is -4.42. The van der Waals surface area contributed by atoms with Crippen molar-refractivity contribution in [3.8, 4) is 0 Å². The molecule has 0 saturated heterocycles. The van der Waals surface area contributed by atoms with Crippen LogP contribution in [0, 0.1) is 0 Å². The number of alkyl halides is 3. The van der Waals surface area contributed by atoms with Gasteiger partial charge in [0.1, 0.15) is 7.05 Å². The Morgan fingerprint density at radius 3 is 2.56 bits per heavy atom. The van der Waals surface area contributed by atoms with Crippen molar-refractivity contribution in [1.29, 1.82) is 0 Å². The molecule has 0 bridgehead atoms. The molecule has 1 aromatic carbocycles. The van der Waals surface area contributed by atoms with E-state index >= 15 is 0 Å². The molecule has 1 nitrogen and oxygen atoms in total. The number of aromatic nitrogens is 1. The van der Waals surface area contributed by atoms with Gasteiger partial charge in [0.15, 0.2) is 6.20 Å². The maximum atomic E-state index is 12.6. The van der Waals surface area contributed by atoms with Gasteiger partial charge in [0, 0.05) is 17.5 Å². The summed E-state index contributed by atoms with van der Waals surface area (Å²) in [5.41, 5.74) is -0.303. The van der Waals surface area contributed by atoms with Crippen LogP contribution in [-0.4, -0.2) is 0 Å². The molecule has 2 rings (SSSR count). The van der Waals surface area contributed by atoms with E-state index in [2.05, 4.69) is 0 Å². The first-order valence-electron chi connectivity index (χ1n) is 4.54. The summed E-state index contributed by atoms with van der Waals surface area (Å²) >= 11 is 5.61. The zero-order valence-corrected chi connectivity index (χ0v) is 9.10. The Morgan fingerprint density at radius 2 is 1.94 bits per heavy atom. The lowest BCUT2D eigenvalue weighted by atomic mass is 10.1. The monoisotopic (exact) mass is 246 g/mol. The highest BCUT2D eigenvalue weighted by Gasteiger charge is 2.34. The van der Waals surface area contributed by atoms with Gasteiger partial charge in [0.25, 0.3) is 0 Å². The largest absolute Gasteiger partial charge is 0.418 e. The molecule has 5 heteroatoms. The van der Waals surface area contributed by atoms with Crippen LogP contribution in [0.4, 0.5) is 13.2 Å². The minimum absolute atomic E-state index is 0.272. The van der Waals surface area contributed by atoms with Gasteiger partial charge >= 0.3 is 6.18 Å². The van der Waals surface area contributed by atoms with Crippen molar-refractivity contribution in [2.24, 2.45) is 7.05 Å². The number of halogens is 4. The topological polar surface area (TPSA) is 3.88 Å². The molecule has 1 heterocycles. The van der Waals surface area contributed by atoms with Gasteiger partial charge in [0.2, 0.25) is 5.52 Å². The van der Waals surface area contributed by atoms with Gasteiger partial charge in [-0.2, -0.15) is 13.2 Å². The van der Waals surface area contributed by atoms with Crippen LogP contribution in [0.15, 0.2) is 30.5 Å². The van der Waals surface area contributed by atoms with Gasteiger partial charge in [-0.05, 0) is 12.1 Å². The summed E-state index contributed by atoms with van der Waals surface area (Å²) < 4.78 is 39.5. The molecule has 1 aromatic heterocycles. The first-order chi connectivity index (χ1) is 7.39. The smallest absolute Gasteiger partial charge is 0.201 e. The summed E-state index contributed by atoms with van der Waals surface area (Å²) in [6.07, 6.45) is -2.73. The molecule has 0 fully saturated rings. The molecular formula is C11H8ClF3N+. The fourth-order valence-electron chi connectivity index (χ4n) is 1.59. The highest BCUT2D eigenvalue weighted by Crippen LogP contribution is 2.36. The summed E-state index contributed by atoms with van der Waals surface area (Å²) in [5, 5.41) is 0.411. The van der Waals surface area contributed by atoms with E-state index < -0.39 is 11.7 Å². The van der Waals surface area contributed by atoms with Gasteiger partial charge in [-0.1, -0.05) is 11.6 Å². The van der Waals surface area contributed by atoms with E-state index in [-0.39, 0.29) is 5.02 Å². The molecule has 0 saturated carbocycles. The Labute approximate surface area is 95.1 Å². The van der Waals surface area contributed by atoms with Crippen molar-refractivity contribution in [3.63, 3.8) is 0 Å². The molecule has 16 heavy (non-hydrogen) atoms. The number of benzene rings is 1. The van der Waals surface area contributed by atoms with Crippen LogP contribution >= 0.6 is 11.6 Å². The fraction of sp³-hybridized carbons (Fsp3) is 0.182. The van der Waals surface area contributed by atoms with E-state index in [1.807, 2.05) is 0 Å². The highest BCUT2D eigenvalue weighted by molar-refractivity contribution is 6.32. The second-order valence-corrected chi connectivity index (χ2v) is 3.91. The maximum Gasteiger partial charge on any atom is 0.418 e. The molecule has 0 atom stereocenters. The summed E-state index contributed by atoms with van der Waals surface area (Å²) in [5.74, 6) is 0.